The Bertz CT molecular complexity index is 1630. The van der Waals surface area contributed by atoms with Crippen LogP contribution in [0.15, 0.2) is 36.4 Å². The van der Waals surface area contributed by atoms with Gasteiger partial charge in [0.15, 0.2) is 52.4 Å². The highest BCUT2D eigenvalue weighted by Gasteiger charge is 2.14. The second-order valence-corrected chi connectivity index (χ2v) is 8.12. The summed E-state index contributed by atoms with van der Waals surface area (Å²) >= 11 is 2.15. The molecule has 0 radical (unpaired) electrons. The summed E-state index contributed by atoms with van der Waals surface area (Å²) in [6, 6.07) is 4.38. The van der Waals surface area contributed by atoms with Crippen molar-refractivity contribution in [1.29, 1.82) is 0 Å². The fourth-order valence-corrected chi connectivity index (χ4v) is 2.53. The lowest BCUT2D eigenvalue weighted by atomic mass is 10.2. The summed E-state index contributed by atoms with van der Waals surface area (Å²) in [6.07, 6.45) is 0. The van der Waals surface area contributed by atoms with Crippen molar-refractivity contribution in [2.24, 2.45) is 0 Å². The van der Waals surface area contributed by atoms with Gasteiger partial charge in [0.25, 0.3) is 0 Å². The average molecular weight is 1290 g/mol. The first-order valence-corrected chi connectivity index (χ1v) is 14.1. The molecule has 0 heterocycles. The van der Waals surface area contributed by atoms with E-state index >= 15 is 0 Å². The van der Waals surface area contributed by atoms with Gasteiger partial charge in [-0.25, -0.2) is 39.5 Å². The Hall–Kier alpha value is -4.36. The van der Waals surface area contributed by atoms with Gasteiger partial charge in [0.2, 0.25) is 11.8 Å². The first kappa shape index (κ1) is 2.54. The summed E-state index contributed by atoms with van der Waals surface area (Å²) in [5.41, 5.74) is 4.73. The summed E-state index contributed by atoms with van der Waals surface area (Å²) in [5, 5.41) is 2.13. The van der Waals surface area contributed by atoms with Crippen LogP contribution in [0.2, 0.25) is 0 Å². The van der Waals surface area contributed by atoms with E-state index < -0.39 is 76.1 Å². The van der Waals surface area contributed by atoms with Gasteiger partial charge in [0.1, 0.15) is 0 Å². The van der Waals surface area contributed by atoms with Crippen LogP contribution in [0.5, 0.6) is 0 Å². The Morgan fingerprint density at radius 2 is 0.978 bits per heavy atom. The molecule has 0 aliphatic heterocycles. The number of hydrogen-bond donors (Lipinski definition) is 2. The number of nitrogens with zero attached hydrogens (tertiary/aromatic N) is 1. The lowest BCUT2D eigenvalue weighted by Crippen LogP contribution is -2.23. The van der Waals surface area contributed by atoms with Gasteiger partial charge < -0.3 is 20.7 Å². The van der Waals surface area contributed by atoms with Crippen LogP contribution in [-0.2, 0) is 23.9 Å². The zero-order valence-corrected chi connectivity index (χ0v) is 27.0. The number of anilines is 3. The minimum Gasteiger partial charge on any atom is -0.399 e. The molecule has 18 heteroatoms. The third kappa shape index (κ3) is 16.6. The molecule has 0 aliphatic rings. The molecule has 3 aromatic carbocycles. The van der Waals surface area contributed by atoms with E-state index in [2.05, 4.69) is 32.6 Å². The van der Waals surface area contributed by atoms with Gasteiger partial charge in [-0.05, 0) is 4.93 Å². The van der Waals surface area contributed by atoms with Crippen molar-refractivity contribution in [1.82, 2.24) is 0 Å². The Labute approximate surface area is 659 Å². The SMILES string of the molecule is CC(=O)N(C)c1cc(F)c(F)c(F)c1.CC(=O)Nc1cc(F)c(F)c(F)c1.CC(=O)OC(C)=O.CI.Nc1cc(F)c(F)c(F)c1.[2HH].[2HH].[2H][2H].[2H][2H].[2H][2H].[2H][2H].[2H][2H].[2H][2H].[2H][2H].[2H][2H].[2H][2H].[2H][2H].[2H][2H].[2H][2H].[2H][2H].[2H][2H].[2H][2H].[2H][2H].[2H][2H].[2H][2H].[2H][2H].[2H][2H].[2H][2H].[2H][2H].[2H][2H].[2H][2H].[2H][2H].[2H][2H].[2H][2H].[2H][2H].[2H][2H].[2H][2H].[2H][2H].[2H][2H].[2H][2H].[2H][2H].[2H][2H].[2H][2H].[2H][2H].[2H][2H].[2H][2H].[2H][2H].[2H][2H].[2H][2H].[2H][2H].[2H][2H].[2H][2H].[2H][2H].[2H][2H].[2H][2H].[2H][2H].[2H][2H].[2H][2H].[2H][2H].[2H][2H].[2H][2H].[2H][2H].[2H][2H].[2H][2H].[2H][2H].[2H][2H].[2H][2H].[2H][2H].[2H][2H].[2H][2H].[2H][2H].[2H][2H].[2H][2H].[2H][2H].[2H][2H].[2H][2H].[2H][2H].[2H][2H].[2H][2H].[2H][2H].[2H][2H].[2H][2H].[2H][2H].[2H][2H].[2H][2H].[2H][2H].[2H][2H].[2H][2H].[2H][2H].[2H][2H].[2H][2H].[2H][2H].[2H][2H].[2H][2H].[2H][2H].[2H][2H].[2H][2H].[2H][2H].[2H][2H].[2H][2H].[2H][2H].[2H][2H].[2H][2H].[2H][2H].[2H][2H].[2H][2H].[2H][2H].[2H][2H].[2H][2H].[2H][2H].[2H][2H].[2H][2H].[2H][2H].[2H][2H].[2H][2H].[2H][2H].[2H][2H].[2H][2H].[2H][2H].[2H][2H].[2H][2H].[2H][2H].[2H][2H].[2H][2H].[2H][2H].[2H][2H].[2H][2H].[2H][2H].[2H][2H].[2H][2H].[2H][2H].[2H][2H]. The maximum atomic E-state index is 12.7. The number of halogens is 10. The Morgan fingerprint density at radius 1 is 0.674 bits per heavy atom. The zero-order chi connectivity index (χ0) is 286. The molecule has 8 nitrogen and oxygen atoms in total. The smallest absolute Gasteiger partial charge is 0.310 e. The Morgan fingerprint density at radius 3 is 1.24 bits per heavy atom. The van der Waals surface area contributed by atoms with Gasteiger partial charge in [0.05, 0.1) is 0 Å². The number of nitrogen functional groups attached to an aromatic ring is 1. The predicted octanol–water partition coefficient (Wildman–Crippen LogP) is 38.2. The fraction of sp³-hybridized carbons (Fsp3) is 0.214. The summed E-state index contributed by atoms with van der Waals surface area (Å²) in [6.45, 7) is 4.78. The molecule has 0 bridgehead atoms. The topological polar surface area (TPSA) is 119 Å². The number of carbonyl (C=O) groups is 4. The largest absolute Gasteiger partial charge is 0.399 e. The molecule has 3 aromatic rings. The molecular formula is C28H281F9IN3O5. The van der Waals surface area contributed by atoms with E-state index in [-0.39, 0.29) is 19.9 Å². The normalized spacial score (nSPS) is 31.0. The second-order valence-electron chi connectivity index (χ2n) is 8.12. The first-order valence-electron chi connectivity index (χ1n) is 137. The monoisotopic (exact) mass is 1290 g/mol. The van der Waals surface area contributed by atoms with E-state index in [0.717, 1.165) is 29.2 Å². The molecule has 0 saturated carbocycles. The molecule has 0 fully saturated rings. The number of hydrogen-bond acceptors (Lipinski definition) is 6. The van der Waals surface area contributed by atoms with Crippen LogP contribution in [0.4, 0.5) is 56.6 Å². The Kier molecular flexibility index (Phi) is 1.18. The number of esters is 2. The van der Waals surface area contributed by atoms with Gasteiger partial charge in [-0.15, -0.1) is 0 Å². The number of alkyl halides is 1. The highest BCUT2D eigenvalue weighted by atomic mass is 127. The van der Waals surface area contributed by atoms with Crippen LogP contribution in [-0.4, -0.2) is 35.7 Å². The standard InChI is InChI=1S/C9H8F3NO.C8H6F3NO.C6H4F3N.C4H6O3.CH3I.127H2/c1-5(14)13(2)6-3-7(10)9(12)8(11)4-6;1-4(13)12-5-2-6(9)8(11)7(10)3-5;7-4-1-3(10)2-5(8)6(4)9;1-3(5)7-4(2)6;1-2;;;;;;;;;;;;;;;;;;;;;;;;;;;;;;;;;;;;;;;;;;;;;;;;;;;;;;;;;;;;;;;;;;;;;;;;;;;;;;;;;;;;;;;;;;;;;;;;;;;;;;;;;;;;;;;;;;;;;;;;;;;;;;;/h3-4H,1-2H3;2-3H,1H3,(H,12,13);1-2H,10H2;1-2H3;1H3;127*1H/i;;;;;125*1+1D;2*1+1. The summed E-state index contributed by atoms with van der Waals surface area (Å²) < 4.78 is 1370. The lowest BCUT2D eigenvalue weighted by Gasteiger charge is -2.15. The summed E-state index contributed by atoms with van der Waals surface area (Å²) in [5.74, 6) is -14.4. The molecular weight excluding hydrogens is 756 g/mol. The van der Waals surface area contributed by atoms with Crippen molar-refractivity contribution < 1.29 is 437 Å². The molecule has 46 heavy (non-hydrogen) atoms. The van der Waals surface area contributed by atoms with Gasteiger partial charge in [-0.2, -0.15) is 0 Å². The van der Waals surface area contributed by atoms with Crippen molar-refractivity contribution in [3.05, 3.63) is 88.8 Å². The molecule has 2 amide bonds. The van der Waals surface area contributed by atoms with Crippen LogP contribution in [0.3, 0.4) is 0 Å². The number of ether oxygens (including phenoxy) is 1. The summed E-state index contributed by atoms with van der Waals surface area (Å²) in [4.78, 5) is 43.9. The van der Waals surface area contributed by atoms with Gasteiger partial charge in [0, 0.05) is 462 Å². The van der Waals surface area contributed by atoms with Crippen molar-refractivity contribution in [2.45, 2.75) is 27.7 Å². The van der Waals surface area contributed by atoms with E-state index in [1.54, 1.807) is 0 Å². The number of nitrogens with one attached hydrogen (secondary N) is 1. The molecule has 3 N–H and O–H groups in total. The highest BCUT2D eigenvalue weighted by molar-refractivity contribution is 14.1. The Balaban J connectivity index is -0.00000000766. The predicted molar refractivity (Wildman–Crippen MR) is 428 cm³/mol. The van der Waals surface area contributed by atoms with E-state index in [1.807, 2.05) is 4.93 Å². The molecule has 0 aliphatic carbocycles. The van der Waals surface area contributed by atoms with Gasteiger partial charge in [-0.3, -0.25) is 19.2 Å². The molecule has 0 unspecified atom stereocenters. The quantitative estimate of drug-likeness (QED) is 0.0502. The van der Waals surface area contributed by atoms with Crippen molar-refractivity contribution >= 4 is 63.4 Å². The number of carbonyl (C=O) groups excluding carboxylic acids is 4. The van der Waals surface area contributed by atoms with Crippen LogP contribution in [0.1, 0.15) is 402 Å². The van der Waals surface area contributed by atoms with E-state index in [4.69, 9.17) is 377 Å². The maximum Gasteiger partial charge on any atom is 0.310 e. The zero-order valence-electron chi connectivity index (χ0n) is 275. The maximum absolute atomic E-state index is 12.7. The third-order valence-corrected chi connectivity index (χ3v) is 4.43. The third-order valence-electron chi connectivity index (χ3n) is 4.43. The average Bonchev–Trinajstić information content (AvgIpc) is 0.831. The van der Waals surface area contributed by atoms with Gasteiger partial charge in [-0.1, -0.05) is 22.6 Å². The van der Waals surface area contributed by atoms with Crippen molar-refractivity contribution in [3.63, 3.8) is 0 Å². The van der Waals surface area contributed by atoms with Crippen LogP contribution < -0.4 is 16.0 Å². The number of rotatable bonds is 2. The lowest BCUT2D eigenvalue weighted by molar-refractivity contribution is -0.156. The molecule has 508 valence electrons. The first-order chi connectivity index (χ1) is 146. The highest BCUT2D eigenvalue weighted by Crippen LogP contribution is 2.20. The van der Waals surface area contributed by atoms with Crippen LogP contribution in [0.25, 0.3) is 0 Å². The van der Waals surface area contributed by atoms with Gasteiger partial charge >= 0.3 is 11.9 Å². The number of amides is 2. The molecule has 3 rings (SSSR count). The fourth-order valence-electron chi connectivity index (χ4n) is 2.53. The number of nitrogens with two attached hydrogens (primary N) is 1. The molecule has 0 aromatic heterocycles. The molecule has 0 saturated heterocycles. The summed E-state index contributed by atoms with van der Waals surface area (Å²) in [7, 11) is 1.34. The van der Waals surface area contributed by atoms with Crippen molar-refractivity contribution in [2.75, 3.05) is 27.9 Å². The van der Waals surface area contributed by atoms with E-state index in [9.17, 15) is 58.7 Å². The van der Waals surface area contributed by atoms with Crippen LogP contribution >= 0.6 is 22.6 Å². The number of benzene rings is 3. The molecule has 0 spiro atoms. The second kappa shape index (κ2) is 21.4. The van der Waals surface area contributed by atoms with E-state index in [1.165, 1.54) is 34.7 Å². The van der Waals surface area contributed by atoms with Crippen LogP contribution in [0, 0.1) is 52.4 Å². The minimum absolute atomic E-state index is 0. The van der Waals surface area contributed by atoms with E-state index in [0.29, 0.717) is 12.1 Å². The minimum atomic E-state index is -1.55. The molecule has 0 atom stereocenters. The van der Waals surface area contributed by atoms with Crippen molar-refractivity contribution in [3.8, 4) is 0 Å².